The molecule has 0 radical (unpaired) electrons. The van der Waals surface area contributed by atoms with Gasteiger partial charge in [-0.15, -0.1) is 0 Å². The first-order valence-corrected chi connectivity index (χ1v) is 2.06. The van der Waals surface area contributed by atoms with Crippen LogP contribution in [0.3, 0.4) is 0 Å². The van der Waals surface area contributed by atoms with E-state index in [1.807, 2.05) is 0 Å². The van der Waals surface area contributed by atoms with Crippen molar-refractivity contribution in [2.75, 3.05) is 6.54 Å². The molecule has 1 rings (SSSR count). The predicted octanol–water partition coefficient (Wildman–Crippen LogP) is -0.128. The SMILES string of the molecule is N#C[C@@H]1CCN1. The lowest BCUT2D eigenvalue weighted by molar-refractivity contribution is 0.445. The van der Waals surface area contributed by atoms with Crippen molar-refractivity contribution in [2.45, 2.75) is 12.5 Å². The maximum absolute atomic E-state index is 8.07. The number of nitrogens with one attached hydrogen (secondary N) is 1. The molecule has 0 saturated carbocycles. The molecule has 0 aliphatic carbocycles. The van der Waals surface area contributed by atoms with E-state index in [-0.39, 0.29) is 6.04 Å². The van der Waals surface area contributed by atoms with Crippen LogP contribution < -0.4 is 5.32 Å². The van der Waals surface area contributed by atoms with E-state index in [9.17, 15) is 0 Å². The van der Waals surface area contributed by atoms with Crippen molar-refractivity contribution in [3.63, 3.8) is 0 Å². The number of hydrogen-bond acceptors (Lipinski definition) is 2. The predicted molar refractivity (Wildman–Crippen MR) is 22.0 cm³/mol. The molecule has 6 heavy (non-hydrogen) atoms. The van der Waals surface area contributed by atoms with E-state index >= 15 is 0 Å². The van der Waals surface area contributed by atoms with Gasteiger partial charge in [-0.05, 0) is 13.0 Å². The fourth-order valence-electron chi connectivity index (χ4n) is 0.399. The molecule has 0 aromatic rings. The molecule has 1 aliphatic heterocycles. The van der Waals surface area contributed by atoms with Crippen molar-refractivity contribution >= 4 is 0 Å². The maximum atomic E-state index is 8.07. The zero-order valence-corrected chi connectivity index (χ0v) is 3.44. The minimum Gasteiger partial charge on any atom is -0.302 e. The minimum absolute atomic E-state index is 0.171. The maximum Gasteiger partial charge on any atom is 0.0965 e. The van der Waals surface area contributed by atoms with Crippen molar-refractivity contribution in [2.24, 2.45) is 0 Å². The molecule has 1 fully saturated rings. The molecular weight excluding hydrogens is 76.1 g/mol. The number of nitriles is 1. The quantitative estimate of drug-likeness (QED) is 0.442. The average Bonchev–Trinajstić information content (AvgIpc) is 1.31. The Bertz CT molecular complexity index is 78.0. The molecule has 1 saturated heterocycles. The number of rotatable bonds is 0. The summed E-state index contributed by atoms with van der Waals surface area (Å²) in [6.07, 6.45) is 1.04. The molecule has 2 heteroatoms. The summed E-state index contributed by atoms with van der Waals surface area (Å²) < 4.78 is 0. The van der Waals surface area contributed by atoms with Crippen LogP contribution in [0.1, 0.15) is 6.42 Å². The van der Waals surface area contributed by atoms with E-state index in [0.29, 0.717) is 0 Å². The Morgan fingerprint density at radius 2 is 2.50 bits per heavy atom. The molecule has 0 aromatic heterocycles. The summed E-state index contributed by atoms with van der Waals surface area (Å²) >= 11 is 0. The topological polar surface area (TPSA) is 35.8 Å². The zero-order valence-electron chi connectivity index (χ0n) is 3.44. The zero-order chi connectivity index (χ0) is 4.41. The van der Waals surface area contributed by atoms with Crippen LogP contribution in [0.15, 0.2) is 0 Å². The first kappa shape index (κ1) is 3.63. The summed E-state index contributed by atoms with van der Waals surface area (Å²) in [7, 11) is 0. The Labute approximate surface area is 36.8 Å². The van der Waals surface area contributed by atoms with Gasteiger partial charge in [-0.3, -0.25) is 0 Å². The molecule has 1 N–H and O–H groups in total. The highest BCUT2D eigenvalue weighted by atomic mass is 15.0. The minimum atomic E-state index is 0.171. The molecule has 1 heterocycles. The average molecular weight is 82.1 g/mol. The van der Waals surface area contributed by atoms with Crippen LogP contribution in [0, 0.1) is 11.3 Å². The molecule has 1 aliphatic rings. The van der Waals surface area contributed by atoms with Gasteiger partial charge < -0.3 is 5.32 Å². The van der Waals surface area contributed by atoms with Gasteiger partial charge in [0.25, 0.3) is 0 Å². The van der Waals surface area contributed by atoms with E-state index in [0.717, 1.165) is 13.0 Å². The Morgan fingerprint density at radius 3 is 2.50 bits per heavy atom. The second-order valence-corrected chi connectivity index (χ2v) is 1.42. The van der Waals surface area contributed by atoms with Crippen LogP contribution in [0.5, 0.6) is 0 Å². The van der Waals surface area contributed by atoms with Gasteiger partial charge >= 0.3 is 0 Å². The van der Waals surface area contributed by atoms with Crippen LogP contribution in [0.25, 0.3) is 0 Å². The third-order valence-electron chi connectivity index (χ3n) is 0.980. The normalized spacial score (nSPS) is 30.8. The number of hydrogen-bond donors (Lipinski definition) is 1. The second-order valence-electron chi connectivity index (χ2n) is 1.42. The summed E-state index contributed by atoms with van der Waals surface area (Å²) in [5, 5.41) is 11.0. The Morgan fingerprint density at radius 1 is 1.83 bits per heavy atom. The fourth-order valence-corrected chi connectivity index (χ4v) is 0.399. The Hall–Kier alpha value is -0.550. The van der Waals surface area contributed by atoms with Crippen LogP contribution in [0.4, 0.5) is 0 Å². The fraction of sp³-hybridized carbons (Fsp3) is 0.750. The van der Waals surface area contributed by atoms with Crippen molar-refractivity contribution in [1.82, 2.24) is 5.32 Å². The van der Waals surface area contributed by atoms with Gasteiger partial charge in [-0.25, -0.2) is 0 Å². The first-order valence-electron chi connectivity index (χ1n) is 2.06. The van der Waals surface area contributed by atoms with Crippen molar-refractivity contribution in [3.05, 3.63) is 0 Å². The summed E-state index contributed by atoms with van der Waals surface area (Å²) in [6.45, 7) is 1.03. The van der Waals surface area contributed by atoms with E-state index < -0.39 is 0 Å². The summed E-state index contributed by atoms with van der Waals surface area (Å²) in [6, 6.07) is 2.26. The lowest BCUT2D eigenvalue weighted by Crippen LogP contribution is -2.41. The Balaban J connectivity index is 2.22. The van der Waals surface area contributed by atoms with Crippen molar-refractivity contribution in [1.29, 1.82) is 5.26 Å². The van der Waals surface area contributed by atoms with E-state index in [1.165, 1.54) is 0 Å². The van der Waals surface area contributed by atoms with E-state index in [4.69, 9.17) is 5.26 Å². The van der Waals surface area contributed by atoms with Crippen molar-refractivity contribution < 1.29 is 0 Å². The van der Waals surface area contributed by atoms with Gasteiger partial charge in [0.1, 0.15) is 0 Å². The standard InChI is InChI=1S/C4H6N2/c5-3-4-1-2-6-4/h4,6H,1-2H2/t4-/m0/s1. The van der Waals surface area contributed by atoms with Crippen LogP contribution in [-0.4, -0.2) is 12.6 Å². The second kappa shape index (κ2) is 1.27. The molecule has 32 valence electrons. The van der Waals surface area contributed by atoms with Gasteiger partial charge in [0.15, 0.2) is 0 Å². The molecule has 0 amide bonds. The molecular formula is C4H6N2. The smallest absolute Gasteiger partial charge is 0.0965 e. The highest BCUT2D eigenvalue weighted by molar-refractivity contribution is 4.95. The van der Waals surface area contributed by atoms with Gasteiger partial charge in [-0.2, -0.15) is 5.26 Å². The molecule has 0 spiro atoms. The van der Waals surface area contributed by atoms with Gasteiger partial charge in [0.2, 0.25) is 0 Å². The summed E-state index contributed by atoms with van der Waals surface area (Å²) in [5.74, 6) is 0. The molecule has 0 aromatic carbocycles. The lowest BCUT2D eigenvalue weighted by Gasteiger charge is -2.19. The Kier molecular flexibility index (Phi) is 0.771. The molecule has 1 atom stereocenters. The van der Waals surface area contributed by atoms with Crippen molar-refractivity contribution in [3.8, 4) is 6.07 Å². The van der Waals surface area contributed by atoms with Gasteiger partial charge in [0, 0.05) is 0 Å². The molecule has 2 nitrogen and oxygen atoms in total. The monoisotopic (exact) mass is 82.1 g/mol. The van der Waals surface area contributed by atoms with Crippen LogP contribution in [0.2, 0.25) is 0 Å². The van der Waals surface area contributed by atoms with E-state index in [1.54, 1.807) is 0 Å². The molecule has 0 bridgehead atoms. The largest absolute Gasteiger partial charge is 0.302 e. The van der Waals surface area contributed by atoms with Gasteiger partial charge in [0.05, 0.1) is 12.1 Å². The first-order chi connectivity index (χ1) is 2.93. The van der Waals surface area contributed by atoms with Crippen LogP contribution >= 0.6 is 0 Å². The number of nitrogens with zero attached hydrogens (tertiary/aromatic N) is 1. The third-order valence-corrected chi connectivity index (χ3v) is 0.980. The molecule has 0 unspecified atom stereocenters. The summed E-state index contributed by atoms with van der Waals surface area (Å²) in [5.41, 5.74) is 0. The van der Waals surface area contributed by atoms with E-state index in [2.05, 4.69) is 11.4 Å². The lowest BCUT2D eigenvalue weighted by atomic mass is 10.1. The third kappa shape index (κ3) is 0.373. The highest BCUT2D eigenvalue weighted by Crippen LogP contribution is 1.97. The van der Waals surface area contributed by atoms with Gasteiger partial charge in [-0.1, -0.05) is 0 Å². The summed E-state index contributed by atoms with van der Waals surface area (Å²) in [4.78, 5) is 0. The highest BCUT2D eigenvalue weighted by Gasteiger charge is 2.13. The van der Waals surface area contributed by atoms with Crippen LogP contribution in [-0.2, 0) is 0 Å².